The lowest BCUT2D eigenvalue weighted by Gasteiger charge is -2.16. The van der Waals surface area contributed by atoms with Crippen molar-refractivity contribution in [2.24, 2.45) is 0 Å². The zero-order valence-corrected chi connectivity index (χ0v) is 15.5. The van der Waals surface area contributed by atoms with Crippen molar-refractivity contribution in [1.82, 2.24) is 14.9 Å². The lowest BCUT2D eigenvalue weighted by Crippen LogP contribution is -2.45. The fraction of sp³-hybridized carbons (Fsp3) is 0.500. The van der Waals surface area contributed by atoms with Crippen LogP contribution in [0.25, 0.3) is 0 Å². The van der Waals surface area contributed by atoms with Crippen molar-refractivity contribution in [3.63, 3.8) is 0 Å². The molecule has 0 heterocycles. The first kappa shape index (κ1) is 20.1. The highest BCUT2D eigenvalue weighted by Gasteiger charge is 2.22. The highest BCUT2D eigenvalue weighted by Crippen LogP contribution is 2.18. The molecular weight excluding hydrogens is 330 g/mol. The van der Waals surface area contributed by atoms with Crippen LogP contribution in [0.15, 0.2) is 23.1 Å². The quantitative estimate of drug-likeness (QED) is 0.759. The Hall–Kier alpha value is -1.93. The summed E-state index contributed by atoms with van der Waals surface area (Å²) < 4.78 is 25.5. The van der Waals surface area contributed by atoms with Crippen LogP contribution in [0.4, 0.5) is 0 Å². The van der Waals surface area contributed by atoms with E-state index in [0.29, 0.717) is 12.1 Å². The molecule has 0 spiro atoms. The number of carbonyl (C=O) groups is 2. The molecule has 2 N–H and O–H groups in total. The molecule has 0 unspecified atom stereocenters. The highest BCUT2D eigenvalue weighted by molar-refractivity contribution is 7.89. The number of hydrogen-bond acceptors (Lipinski definition) is 4. The average molecular weight is 355 g/mol. The zero-order valence-electron chi connectivity index (χ0n) is 14.7. The monoisotopic (exact) mass is 355 g/mol. The number of carbonyl (C=O) groups excluding carboxylic acids is 2. The third-order valence-corrected chi connectivity index (χ3v) is 5.33. The Labute approximate surface area is 143 Å². The first-order chi connectivity index (χ1) is 11.1. The molecular formula is C16H25N3O4S. The van der Waals surface area contributed by atoms with Gasteiger partial charge in [0.15, 0.2) is 0 Å². The minimum absolute atomic E-state index is 0.0336. The van der Waals surface area contributed by atoms with Gasteiger partial charge in [-0.05, 0) is 38.0 Å². The van der Waals surface area contributed by atoms with Crippen molar-refractivity contribution in [2.45, 2.75) is 38.1 Å². The molecule has 0 aromatic heterocycles. The van der Waals surface area contributed by atoms with E-state index in [1.54, 1.807) is 19.9 Å². The molecule has 0 fully saturated rings. The van der Waals surface area contributed by atoms with Gasteiger partial charge in [0.2, 0.25) is 15.9 Å². The maximum absolute atomic E-state index is 12.4. The van der Waals surface area contributed by atoms with Gasteiger partial charge in [-0.15, -0.1) is 0 Å². The molecule has 0 radical (unpaired) electrons. The Bertz CT molecular complexity index is 714. The summed E-state index contributed by atoms with van der Waals surface area (Å²) in [5.74, 6) is -0.762. The molecule has 0 aliphatic carbocycles. The Kier molecular flexibility index (Phi) is 6.92. The Balaban J connectivity index is 3.01. The van der Waals surface area contributed by atoms with Crippen LogP contribution in [0.1, 0.15) is 36.2 Å². The minimum Gasteiger partial charge on any atom is -0.354 e. The molecule has 1 atom stereocenters. The predicted octanol–water partition coefficient (Wildman–Crippen LogP) is 0.890. The SMILES string of the molecule is CCCNC(=O)[C@@H](C)NC(=O)c1cc(S(=O)(=O)N(C)C)ccc1C. The predicted molar refractivity (Wildman–Crippen MR) is 92.3 cm³/mol. The van der Waals surface area contributed by atoms with Gasteiger partial charge < -0.3 is 10.6 Å². The fourth-order valence-electron chi connectivity index (χ4n) is 1.96. The van der Waals surface area contributed by atoms with Gasteiger partial charge >= 0.3 is 0 Å². The lowest BCUT2D eigenvalue weighted by atomic mass is 10.1. The molecule has 1 aromatic rings. The molecule has 8 heteroatoms. The van der Waals surface area contributed by atoms with Crippen LogP contribution in [-0.2, 0) is 14.8 Å². The second kappa shape index (κ2) is 8.25. The van der Waals surface area contributed by atoms with Crippen molar-refractivity contribution in [3.8, 4) is 0 Å². The van der Waals surface area contributed by atoms with E-state index in [2.05, 4.69) is 10.6 Å². The van der Waals surface area contributed by atoms with Crippen LogP contribution in [0.3, 0.4) is 0 Å². The number of sulfonamides is 1. The van der Waals surface area contributed by atoms with E-state index in [9.17, 15) is 18.0 Å². The summed E-state index contributed by atoms with van der Waals surface area (Å²) in [5.41, 5.74) is 0.861. The van der Waals surface area contributed by atoms with Gasteiger partial charge in [0, 0.05) is 26.2 Å². The summed E-state index contributed by atoms with van der Waals surface area (Å²) in [6.45, 7) is 5.76. The summed E-state index contributed by atoms with van der Waals surface area (Å²) in [5, 5.41) is 5.29. The zero-order chi connectivity index (χ0) is 18.5. The van der Waals surface area contributed by atoms with Gasteiger partial charge in [-0.2, -0.15) is 0 Å². The first-order valence-electron chi connectivity index (χ1n) is 7.73. The smallest absolute Gasteiger partial charge is 0.252 e. The second-order valence-corrected chi connectivity index (χ2v) is 7.90. The van der Waals surface area contributed by atoms with Crippen LogP contribution >= 0.6 is 0 Å². The average Bonchev–Trinajstić information content (AvgIpc) is 2.52. The molecule has 0 saturated heterocycles. The first-order valence-corrected chi connectivity index (χ1v) is 9.17. The highest BCUT2D eigenvalue weighted by atomic mass is 32.2. The molecule has 1 rings (SSSR count). The van der Waals surface area contributed by atoms with Gasteiger partial charge in [-0.1, -0.05) is 13.0 Å². The maximum atomic E-state index is 12.4. The van der Waals surface area contributed by atoms with Crippen LogP contribution in [0.5, 0.6) is 0 Å². The topological polar surface area (TPSA) is 95.6 Å². The molecule has 0 aliphatic heterocycles. The van der Waals surface area contributed by atoms with Crippen molar-refractivity contribution < 1.29 is 18.0 Å². The van der Waals surface area contributed by atoms with Crippen LogP contribution in [0.2, 0.25) is 0 Å². The van der Waals surface area contributed by atoms with E-state index in [1.807, 2.05) is 6.92 Å². The molecule has 134 valence electrons. The van der Waals surface area contributed by atoms with Crippen LogP contribution < -0.4 is 10.6 Å². The van der Waals surface area contributed by atoms with Gasteiger partial charge in [-0.3, -0.25) is 9.59 Å². The van der Waals surface area contributed by atoms with E-state index in [0.717, 1.165) is 10.7 Å². The second-order valence-electron chi connectivity index (χ2n) is 5.75. The summed E-state index contributed by atoms with van der Waals surface area (Å²) in [6.07, 6.45) is 0.802. The Morgan fingerprint density at radius 3 is 2.42 bits per heavy atom. The third kappa shape index (κ3) is 4.78. The Morgan fingerprint density at radius 2 is 1.88 bits per heavy atom. The summed E-state index contributed by atoms with van der Waals surface area (Å²) in [4.78, 5) is 24.3. The maximum Gasteiger partial charge on any atom is 0.252 e. The summed E-state index contributed by atoms with van der Waals surface area (Å²) in [7, 11) is -0.781. The van der Waals surface area contributed by atoms with Crippen molar-refractivity contribution >= 4 is 21.8 Å². The normalized spacial score (nSPS) is 12.8. The molecule has 0 bridgehead atoms. The van der Waals surface area contributed by atoms with Gasteiger partial charge in [-0.25, -0.2) is 12.7 Å². The fourth-order valence-corrected chi connectivity index (χ4v) is 2.89. The number of benzene rings is 1. The molecule has 0 aliphatic rings. The van der Waals surface area contributed by atoms with E-state index in [-0.39, 0.29) is 16.4 Å². The van der Waals surface area contributed by atoms with Gasteiger partial charge in [0.25, 0.3) is 5.91 Å². The minimum atomic E-state index is -3.63. The summed E-state index contributed by atoms with van der Waals surface area (Å²) >= 11 is 0. The van der Waals surface area contributed by atoms with Gasteiger partial charge in [0.1, 0.15) is 6.04 Å². The molecule has 0 saturated carbocycles. The number of amides is 2. The number of aryl methyl sites for hydroxylation is 1. The molecule has 2 amide bonds. The number of hydrogen-bond donors (Lipinski definition) is 2. The van der Waals surface area contributed by atoms with E-state index >= 15 is 0 Å². The van der Waals surface area contributed by atoms with Crippen molar-refractivity contribution in [3.05, 3.63) is 29.3 Å². The molecule has 1 aromatic carbocycles. The number of nitrogens with one attached hydrogen (secondary N) is 2. The van der Waals surface area contributed by atoms with E-state index < -0.39 is 22.0 Å². The molecule has 7 nitrogen and oxygen atoms in total. The summed E-state index contributed by atoms with van der Waals surface area (Å²) in [6, 6.07) is 3.65. The Morgan fingerprint density at radius 1 is 1.25 bits per heavy atom. The number of nitrogens with zero attached hydrogens (tertiary/aromatic N) is 1. The molecule has 24 heavy (non-hydrogen) atoms. The standard InChI is InChI=1S/C16H25N3O4S/c1-6-9-17-15(20)12(3)18-16(21)14-10-13(8-7-11(14)2)24(22,23)19(4)5/h7-8,10,12H,6,9H2,1-5H3,(H,17,20)(H,18,21)/t12-/m1/s1. The van der Waals surface area contributed by atoms with Gasteiger partial charge in [0.05, 0.1) is 4.90 Å². The van der Waals surface area contributed by atoms with E-state index in [4.69, 9.17) is 0 Å². The van der Waals surface area contributed by atoms with Crippen LogP contribution in [-0.4, -0.2) is 51.2 Å². The van der Waals surface area contributed by atoms with E-state index in [1.165, 1.54) is 26.2 Å². The van der Waals surface area contributed by atoms with Crippen molar-refractivity contribution in [2.75, 3.05) is 20.6 Å². The third-order valence-electron chi connectivity index (χ3n) is 3.52. The number of rotatable bonds is 7. The lowest BCUT2D eigenvalue weighted by molar-refractivity contribution is -0.122. The largest absolute Gasteiger partial charge is 0.354 e. The van der Waals surface area contributed by atoms with Crippen molar-refractivity contribution in [1.29, 1.82) is 0 Å². The van der Waals surface area contributed by atoms with Crippen LogP contribution in [0, 0.1) is 6.92 Å².